The second-order valence-electron chi connectivity index (χ2n) is 4.48. The Morgan fingerprint density at radius 2 is 2.16 bits per heavy atom. The zero-order valence-corrected chi connectivity index (χ0v) is 11.8. The van der Waals surface area contributed by atoms with Crippen molar-refractivity contribution in [1.29, 1.82) is 0 Å². The zero-order chi connectivity index (χ0) is 13.8. The van der Waals surface area contributed by atoms with Crippen LogP contribution in [-0.2, 0) is 6.54 Å². The first-order valence-corrected chi connectivity index (χ1v) is 6.37. The molecule has 0 aliphatic rings. The Bertz CT molecular complexity index is 598. The van der Waals surface area contributed by atoms with E-state index < -0.39 is 0 Å². The number of nitrogens with zero attached hydrogens (tertiary/aromatic N) is 3. The largest absolute Gasteiger partial charge is 0.389 e. The molecule has 1 aromatic carbocycles. The average Bonchev–Trinajstić information content (AvgIpc) is 2.38. The van der Waals surface area contributed by atoms with E-state index >= 15 is 0 Å². The quantitative estimate of drug-likeness (QED) is 0.863. The van der Waals surface area contributed by atoms with Gasteiger partial charge in [-0.05, 0) is 18.6 Å². The third-order valence-corrected chi connectivity index (χ3v) is 3.05. The lowest BCUT2D eigenvalue weighted by molar-refractivity contribution is 0.863. The number of hydrogen-bond donors (Lipinski definition) is 1. The standard InChI is InChI=1S/C14H16N4S/c1-10-4-3-5-11(8-10)9-18(2)14-12(13(15)19)6-7-16-17-14/h3-8H,9H2,1-2H3,(H2,15,19). The number of benzene rings is 1. The molecule has 0 aliphatic heterocycles. The number of hydrogen-bond acceptors (Lipinski definition) is 4. The molecule has 0 atom stereocenters. The molecule has 0 unspecified atom stereocenters. The Morgan fingerprint density at radius 1 is 1.37 bits per heavy atom. The van der Waals surface area contributed by atoms with E-state index in [0.29, 0.717) is 10.8 Å². The normalized spacial score (nSPS) is 10.2. The number of nitrogens with two attached hydrogens (primary N) is 1. The van der Waals surface area contributed by atoms with Gasteiger partial charge in [0.1, 0.15) is 4.99 Å². The van der Waals surface area contributed by atoms with Gasteiger partial charge in [0, 0.05) is 13.6 Å². The topological polar surface area (TPSA) is 55.0 Å². The molecule has 0 saturated carbocycles. The summed E-state index contributed by atoms with van der Waals surface area (Å²) in [5, 5.41) is 8.03. The van der Waals surface area contributed by atoms with Crippen molar-refractivity contribution in [2.24, 2.45) is 5.73 Å². The molecule has 1 heterocycles. The summed E-state index contributed by atoms with van der Waals surface area (Å²) in [6, 6.07) is 10.1. The van der Waals surface area contributed by atoms with Gasteiger partial charge in [0.2, 0.25) is 0 Å². The summed E-state index contributed by atoms with van der Waals surface area (Å²) in [6.45, 7) is 2.81. The summed E-state index contributed by atoms with van der Waals surface area (Å²) in [5.74, 6) is 0.705. The minimum Gasteiger partial charge on any atom is -0.389 e. The van der Waals surface area contributed by atoms with Gasteiger partial charge in [-0.1, -0.05) is 42.0 Å². The highest BCUT2D eigenvalue weighted by atomic mass is 32.1. The van der Waals surface area contributed by atoms with Crippen molar-refractivity contribution in [1.82, 2.24) is 10.2 Å². The van der Waals surface area contributed by atoms with Crippen LogP contribution in [0.2, 0.25) is 0 Å². The van der Waals surface area contributed by atoms with Crippen LogP contribution in [-0.4, -0.2) is 22.2 Å². The summed E-state index contributed by atoms with van der Waals surface area (Å²) in [7, 11) is 1.95. The number of rotatable bonds is 4. The summed E-state index contributed by atoms with van der Waals surface area (Å²) in [4.78, 5) is 2.33. The molecule has 0 fully saturated rings. The third-order valence-electron chi connectivity index (χ3n) is 2.83. The molecule has 0 spiro atoms. The number of aromatic nitrogens is 2. The fraction of sp³-hybridized carbons (Fsp3) is 0.214. The van der Waals surface area contributed by atoms with Crippen molar-refractivity contribution in [2.75, 3.05) is 11.9 Å². The van der Waals surface area contributed by atoms with Crippen LogP contribution in [0.25, 0.3) is 0 Å². The van der Waals surface area contributed by atoms with Gasteiger partial charge in [0.05, 0.1) is 11.8 Å². The highest BCUT2D eigenvalue weighted by molar-refractivity contribution is 7.80. The van der Waals surface area contributed by atoms with Crippen LogP contribution in [0.1, 0.15) is 16.7 Å². The van der Waals surface area contributed by atoms with Crippen molar-refractivity contribution in [3.8, 4) is 0 Å². The fourth-order valence-corrected chi connectivity index (χ4v) is 2.12. The first-order valence-electron chi connectivity index (χ1n) is 5.96. The van der Waals surface area contributed by atoms with Crippen molar-refractivity contribution in [2.45, 2.75) is 13.5 Å². The van der Waals surface area contributed by atoms with Gasteiger partial charge in [-0.15, -0.1) is 5.10 Å². The molecule has 0 aliphatic carbocycles. The summed E-state index contributed by atoms with van der Waals surface area (Å²) in [6.07, 6.45) is 1.60. The summed E-state index contributed by atoms with van der Waals surface area (Å²) in [5.41, 5.74) is 8.90. The van der Waals surface area contributed by atoms with Crippen molar-refractivity contribution in [3.63, 3.8) is 0 Å². The monoisotopic (exact) mass is 272 g/mol. The smallest absolute Gasteiger partial charge is 0.161 e. The predicted molar refractivity (Wildman–Crippen MR) is 81.2 cm³/mol. The number of aryl methyl sites for hydroxylation is 1. The Kier molecular flexibility index (Phi) is 4.06. The molecule has 0 radical (unpaired) electrons. The molecule has 0 saturated heterocycles. The first kappa shape index (κ1) is 13.4. The first-order chi connectivity index (χ1) is 9.08. The van der Waals surface area contributed by atoms with Crippen LogP contribution in [0.15, 0.2) is 36.5 Å². The third kappa shape index (κ3) is 3.26. The minimum absolute atomic E-state index is 0.334. The van der Waals surface area contributed by atoms with Crippen molar-refractivity contribution >= 4 is 23.0 Å². The Morgan fingerprint density at radius 3 is 2.84 bits per heavy atom. The van der Waals surface area contributed by atoms with E-state index in [1.165, 1.54) is 11.1 Å². The summed E-state index contributed by atoms with van der Waals surface area (Å²) >= 11 is 5.04. The molecule has 19 heavy (non-hydrogen) atoms. The molecule has 4 nitrogen and oxygen atoms in total. The van der Waals surface area contributed by atoms with E-state index in [2.05, 4.69) is 35.3 Å². The molecule has 98 valence electrons. The van der Waals surface area contributed by atoms with Gasteiger partial charge in [0.25, 0.3) is 0 Å². The second-order valence-corrected chi connectivity index (χ2v) is 4.92. The predicted octanol–water partition coefficient (Wildman–Crippen LogP) is 2.06. The lowest BCUT2D eigenvalue weighted by atomic mass is 10.1. The van der Waals surface area contributed by atoms with Crippen LogP contribution in [0.5, 0.6) is 0 Å². The molecule has 0 bridgehead atoms. The van der Waals surface area contributed by atoms with E-state index in [9.17, 15) is 0 Å². The van der Waals surface area contributed by atoms with E-state index in [1.54, 1.807) is 12.3 Å². The highest BCUT2D eigenvalue weighted by Gasteiger charge is 2.11. The van der Waals surface area contributed by atoms with Crippen LogP contribution >= 0.6 is 12.2 Å². The zero-order valence-electron chi connectivity index (χ0n) is 11.0. The highest BCUT2D eigenvalue weighted by Crippen LogP contribution is 2.17. The van der Waals surface area contributed by atoms with Gasteiger partial charge in [-0.3, -0.25) is 0 Å². The molecular weight excluding hydrogens is 256 g/mol. The average molecular weight is 272 g/mol. The van der Waals surface area contributed by atoms with Crippen molar-refractivity contribution < 1.29 is 0 Å². The molecule has 5 heteroatoms. The fourth-order valence-electron chi connectivity index (χ4n) is 1.96. The van der Waals surface area contributed by atoms with Gasteiger partial charge in [-0.2, -0.15) is 5.10 Å². The maximum absolute atomic E-state index is 5.71. The van der Waals surface area contributed by atoms with E-state index in [4.69, 9.17) is 18.0 Å². The molecule has 1 aromatic heterocycles. The SMILES string of the molecule is Cc1cccc(CN(C)c2nnccc2C(N)=S)c1. The lowest BCUT2D eigenvalue weighted by Gasteiger charge is -2.20. The van der Waals surface area contributed by atoms with E-state index in [0.717, 1.165) is 12.1 Å². The maximum atomic E-state index is 5.71. The Hall–Kier alpha value is -2.01. The van der Waals surface area contributed by atoms with Crippen LogP contribution in [0.4, 0.5) is 5.82 Å². The van der Waals surface area contributed by atoms with Gasteiger partial charge in [-0.25, -0.2) is 0 Å². The Labute approximate surface area is 118 Å². The number of anilines is 1. The van der Waals surface area contributed by atoms with Gasteiger partial charge in [0.15, 0.2) is 5.82 Å². The number of thiocarbonyl (C=S) groups is 1. The van der Waals surface area contributed by atoms with Crippen LogP contribution < -0.4 is 10.6 Å². The maximum Gasteiger partial charge on any atom is 0.161 e. The second kappa shape index (κ2) is 5.75. The minimum atomic E-state index is 0.334. The molecular formula is C14H16N4S. The van der Waals surface area contributed by atoms with E-state index in [1.807, 2.05) is 18.0 Å². The molecule has 2 rings (SSSR count). The van der Waals surface area contributed by atoms with Crippen molar-refractivity contribution in [3.05, 3.63) is 53.2 Å². The molecule has 0 amide bonds. The van der Waals surface area contributed by atoms with E-state index in [-0.39, 0.29) is 0 Å². The molecule has 2 aromatic rings. The van der Waals surface area contributed by atoms with Crippen LogP contribution in [0, 0.1) is 6.92 Å². The van der Waals surface area contributed by atoms with Gasteiger partial charge >= 0.3 is 0 Å². The lowest BCUT2D eigenvalue weighted by Crippen LogP contribution is -2.23. The Balaban J connectivity index is 2.25. The molecule has 2 N–H and O–H groups in total. The summed E-state index contributed by atoms with van der Waals surface area (Å²) < 4.78 is 0. The van der Waals surface area contributed by atoms with Crippen LogP contribution in [0.3, 0.4) is 0 Å². The van der Waals surface area contributed by atoms with Gasteiger partial charge < -0.3 is 10.6 Å².